The molecule has 1 fully saturated rings. The van der Waals surface area contributed by atoms with Crippen molar-refractivity contribution in [3.63, 3.8) is 0 Å². The number of hydrogen-bond donors (Lipinski definition) is 1. The zero-order valence-corrected chi connectivity index (χ0v) is 12.3. The summed E-state index contributed by atoms with van der Waals surface area (Å²) < 4.78 is 5.06. The van der Waals surface area contributed by atoms with Crippen molar-refractivity contribution in [1.82, 2.24) is 10.2 Å². The van der Waals surface area contributed by atoms with Gasteiger partial charge >= 0.3 is 0 Å². The van der Waals surface area contributed by atoms with Crippen molar-refractivity contribution in [2.75, 3.05) is 26.8 Å². The molecule has 1 saturated heterocycles. The highest BCUT2D eigenvalue weighted by Crippen LogP contribution is 2.11. The number of nitrogens with one attached hydrogen (secondary N) is 1. The quantitative estimate of drug-likeness (QED) is 0.792. The molecule has 0 spiro atoms. The van der Waals surface area contributed by atoms with E-state index in [1.807, 2.05) is 18.7 Å². The first-order valence-electron chi connectivity index (χ1n) is 7.02. The summed E-state index contributed by atoms with van der Waals surface area (Å²) in [5.74, 6) is 0.153. The van der Waals surface area contributed by atoms with Gasteiger partial charge in [-0.25, -0.2) is 0 Å². The first kappa shape index (κ1) is 16.0. The standard InChI is InChI=1S/C14H26N2O3/c1-14(2,11-19-3)15-12(17)8-10-16-9-6-4-5-7-13(16)18/h4-11H2,1-3H3,(H,15,17). The number of nitrogens with zero attached hydrogens (tertiary/aromatic N) is 1. The van der Waals surface area contributed by atoms with Crippen LogP contribution in [0.1, 0.15) is 46.0 Å². The highest BCUT2D eigenvalue weighted by molar-refractivity contribution is 5.79. The van der Waals surface area contributed by atoms with Crippen LogP contribution in [0.2, 0.25) is 0 Å². The fourth-order valence-corrected chi connectivity index (χ4v) is 2.35. The van der Waals surface area contributed by atoms with Gasteiger partial charge in [0.2, 0.25) is 11.8 Å². The second-order valence-corrected chi connectivity index (χ2v) is 5.81. The molecule has 0 aromatic heterocycles. The van der Waals surface area contributed by atoms with Crippen molar-refractivity contribution in [2.24, 2.45) is 0 Å². The van der Waals surface area contributed by atoms with Gasteiger partial charge in [-0.2, -0.15) is 0 Å². The van der Waals surface area contributed by atoms with Crippen molar-refractivity contribution >= 4 is 11.8 Å². The third-order valence-corrected chi connectivity index (χ3v) is 3.26. The predicted octanol–water partition coefficient (Wildman–Crippen LogP) is 1.32. The van der Waals surface area contributed by atoms with Gasteiger partial charge in [0.1, 0.15) is 0 Å². The monoisotopic (exact) mass is 270 g/mol. The van der Waals surface area contributed by atoms with Crippen molar-refractivity contribution < 1.29 is 14.3 Å². The Morgan fingerprint density at radius 3 is 2.79 bits per heavy atom. The van der Waals surface area contributed by atoms with Crippen LogP contribution >= 0.6 is 0 Å². The maximum absolute atomic E-state index is 11.9. The van der Waals surface area contributed by atoms with Crippen molar-refractivity contribution in [3.8, 4) is 0 Å². The number of amides is 2. The molecule has 0 aliphatic carbocycles. The van der Waals surface area contributed by atoms with Gasteiger partial charge in [-0.05, 0) is 26.7 Å². The summed E-state index contributed by atoms with van der Waals surface area (Å²) >= 11 is 0. The summed E-state index contributed by atoms with van der Waals surface area (Å²) in [7, 11) is 1.61. The summed E-state index contributed by atoms with van der Waals surface area (Å²) in [5, 5.41) is 2.93. The SMILES string of the molecule is COCC(C)(C)NC(=O)CCN1CCCCCC1=O. The Balaban J connectivity index is 2.34. The minimum absolute atomic E-state index is 0.0286. The minimum Gasteiger partial charge on any atom is -0.382 e. The molecule has 0 radical (unpaired) electrons. The molecular weight excluding hydrogens is 244 g/mol. The van der Waals surface area contributed by atoms with E-state index in [4.69, 9.17) is 4.74 Å². The Morgan fingerprint density at radius 1 is 1.37 bits per heavy atom. The van der Waals surface area contributed by atoms with E-state index in [0.29, 0.717) is 26.0 Å². The smallest absolute Gasteiger partial charge is 0.222 e. The highest BCUT2D eigenvalue weighted by Gasteiger charge is 2.22. The molecule has 2 amide bonds. The molecule has 0 saturated carbocycles. The van der Waals surface area contributed by atoms with Crippen LogP contribution in [0.3, 0.4) is 0 Å². The summed E-state index contributed by atoms with van der Waals surface area (Å²) in [6.45, 7) is 5.62. The normalized spacial score (nSPS) is 17.2. The molecule has 5 nitrogen and oxygen atoms in total. The molecule has 5 heteroatoms. The Labute approximate surface area is 115 Å². The van der Waals surface area contributed by atoms with Crippen molar-refractivity contribution in [2.45, 2.75) is 51.5 Å². The fraction of sp³-hybridized carbons (Fsp3) is 0.857. The second kappa shape index (κ2) is 7.48. The summed E-state index contributed by atoms with van der Waals surface area (Å²) in [6, 6.07) is 0. The molecule has 0 bridgehead atoms. The third kappa shape index (κ3) is 6.05. The minimum atomic E-state index is -0.366. The molecule has 0 aromatic carbocycles. The molecular formula is C14H26N2O3. The van der Waals surface area contributed by atoms with Crippen LogP contribution in [0.25, 0.3) is 0 Å². The predicted molar refractivity (Wildman–Crippen MR) is 73.8 cm³/mol. The Morgan fingerprint density at radius 2 is 2.11 bits per heavy atom. The Kier molecular flexibility index (Phi) is 6.28. The van der Waals surface area contributed by atoms with Gasteiger partial charge in [0.15, 0.2) is 0 Å². The lowest BCUT2D eigenvalue weighted by molar-refractivity contribution is -0.131. The second-order valence-electron chi connectivity index (χ2n) is 5.81. The molecule has 1 rings (SSSR count). The zero-order valence-electron chi connectivity index (χ0n) is 12.3. The van der Waals surface area contributed by atoms with E-state index >= 15 is 0 Å². The molecule has 0 unspecified atom stereocenters. The number of ether oxygens (including phenoxy) is 1. The van der Waals surface area contributed by atoms with E-state index in [1.54, 1.807) is 7.11 Å². The lowest BCUT2D eigenvalue weighted by Crippen LogP contribution is -2.47. The maximum Gasteiger partial charge on any atom is 0.222 e. The fourth-order valence-electron chi connectivity index (χ4n) is 2.35. The van der Waals surface area contributed by atoms with E-state index in [9.17, 15) is 9.59 Å². The van der Waals surface area contributed by atoms with E-state index < -0.39 is 0 Å². The van der Waals surface area contributed by atoms with Crippen LogP contribution in [0.4, 0.5) is 0 Å². The van der Waals surface area contributed by atoms with Gasteiger partial charge in [-0.3, -0.25) is 9.59 Å². The molecule has 19 heavy (non-hydrogen) atoms. The lowest BCUT2D eigenvalue weighted by Gasteiger charge is -2.26. The van der Waals surface area contributed by atoms with E-state index in [-0.39, 0.29) is 17.4 Å². The topological polar surface area (TPSA) is 58.6 Å². The van der Waals surface area contributed by atoms with E-state index in [2.05, 4.69) is 5.32 Å². The molecule has 0 atom stereocenters. The third-order valence-electron chi connectivity index (χ3n) is 3.26. The molecule has 1 N–H and O–H groups in total. The molecule has 1 aliphatic heterocycles. The number of likely N-dealkylation sites (tertiary alicyclic amines) is 1. The Hall–Kier alpha value is -1.10. The average molecular weight is 270 g/mol. The van der Waals surface area contributed by atoms with Crippen molar-refractivity contribution in [1.29, 1.82) is 0 Å². The largest absolute Gasteiger partial charge is 0.382 e. The highest BCUT2D eigenvalue weighted by atomic mass is 16.5. The van der Waals surface area contributed by atoms with Crippen LogP contribution in [-0.4, -0.2) is 49.1 Å². The molecule has 1 heterocycles. The van der Waals surface area contributed by atoms with Crippen LogP contribution < -0.4 is 5.32 Å². The van der Waals surface area contributed by atoms with E-state index in [0.717, 1.165) is 25.8 Å². The average Bonchev–Trinajstić information content (AvgIpc) is 2.50. The number of hydrogen-bond acceptors (Lipinski definition) is 3. The lowest BCUT2D eigenvalue weighted by atomic mass is 10.1. The van der Waals surface area contributed by atoms with Gasteiger partial charge < -0.3 is 15.0 Å². The van der Waals surface area contributed by atoms with Crippen LogP contribution in [-0.2, 0) is 14.3 Å². The first-order valence-corrected chi connectivity index (χ1v) is 7.02. The molecule has 110 valence electrons. The van der Waals surface area contributed by atoms with Gasteiger partial charge in [0, 0.05) is 33.0 Å². The van der Waals surface area contributed by atoms with Gasteiger partial charge in [0.05, 0.1) is 12.1 Å². The number of carbonyl (C=O) groups excluding carboxylic acids is 2. The van der Waals surface area contributed by atoms with Crippen molar-refractivity contribution in [3.05, 3.63) is 0 Å². The molecule has 0 aromatic rings. The maximum atomic E-state index is 11.9. The van der Waals surface area contributed by atoms with Crippen LogP contribution in [0.15, 0.2) is 0 Å². The van der Waals surface area contributed by atoms with Gasteiger partial charge in [-0.1, -0.05) is 6.42 Å². The number of methoxy groups -OCH3 is 1. The zero-order chi connectivity index (χ0) is 14.3. The summed E-state index contributed by atoms with van der Waals surface area (Å²) in [6.07, 6.45) is 4.11. The van der Waals surface area contributed by atoms with Crippen LogP contribution in [0.5, 0.6) is 0 Å². The van der Waals surface area contributed by atoms with E-state index in [1.165, 1.54) is 0 Å². The van der Waals surface area contributed by atoms with Gasteiger partial charge in [0.25, 0.3) is 0 Å². The van der Waals surface area contributed by atoms with Crippen LogP contribution in [0, 0.1) is 0 Å². The summed E-state index contributed by atoms with van der Waals surface area (Å²) in [4.78, 5) is 25.5. The van der Waals surface area contributed by atoms with Gasteiger partial charge in [-0.15, -0.1) is 0 Å². The number of carbonyl (C=O) groups is 2. The number of rotatable bonds is 6. The Bertz CT molecular complexity index is 316. The molecule has 1 aliphatic rings. The summed E-state index contributed by atoms with van der Waals surface area (Å²) in [5.41, 5.74) is -0.366. The first-order chi connectivity index (χ1) is 8.94.